The van der Waals surface area contributed by atoms with Crippen molar-refractivity contribution in [3.63, 3.8) is 0 Å². The third-order valence-corrected chi connectivity index (χ3v) is 4.28. The molecule has 0 bridgehead atoms. The van der Waals surface area contributed by atoms with Gasteiger partial charge in [0.25, 0.3) is 5.91 Å². The summed E-state index contributed by atoms with van der Waals surface area (Å²) in [5, 5.41) is 10.2. The van der Waals surface area contributed by atoms with Crippen molar-refractivity contribution in [1.29, 1.82) is 0 Å². The normalized spacial score (nSPS) is 11.9. The summed E-state index contributed by atoms with van der Waals surface area (Å²) in [6.45, 7) is 3.91. The third kappa shape index (κ3) is 4.11. The minimum atomic E-state index is -0.903. The maximum absolute atomic E-state index is 12.7. The number of fused-ring (bicyclic) bond motifs is 1. The van der Waals surface area contributed by atoms with Gasteiger partial charge >= 0.3 is 5.97 Å². The summed E-state index contributed by atoms with van der Waals surface area (Å²) in [6, 6.07) is 13.9. The molecule has 6 heteroatoms. The van der Waals surface area contributed by atoms with E-state index in [1.54, 1.807) is 17.9 Å². The van der Waals surface area contributed by atoms with Gasteiger partial charge in [0, 0.05) is 29.2 Å². The largest absolute Gasteiger partial charge is 0.508 e. The van der Waals surface area contributed by atoms with E-state index in [0.29, 0.717) is 17.7 Å². The van der Waals surface area contributed by atoms with Crippen molar-refractivity contribution in [2.24, 2.45) is 0 Å². The van der Waals surface area contributed by atoms with E-state index < -0.39 is 12.1 Å². The van der Waals surface area contributed by atoms with Gasteiger partial charge in [0.05, 0.1) is 12.7 Å². The van der Waals surface area contributed by atoms with Gasteiger partial charge < -0.3 is 19.2 Å². The van der Waals surface area contributed by atoms with Crippen LogP contribution in [0.3, 0.4) is 0 Å². The summed E-state index contributed by atoms with van der Waals surface area (Å²) in [4.78, 5) is 26.5. The molecule has 0 saturated carbocycles. The average molecular weight is 367 g/mol. The first-order valence-corrected chi connectivity index (χ1v) is 8.74. The number of nitrogens with zero attached hydrogens (tertiary/aromatic N) is 1. The monoisotopic (exact) mass is 367 g/mol. The number of likely N-dealkylation sites (N-methyl/N-ethyl adjacent to an activating group) is 1. The number of rotatable bonds is 6. The van der Waals surface area contributed by atoms with Crippen LogP contribution >= 0.6 is 0 Å². The molecule has 1 heterocycles. The van der Waals surface area contributed by atoms with Gasteiger partial charge in [-0.1, -0.05) is 18.2 Å². The van der Waals surface area contributed by atoms with Crippen molar-refractivity contribution in [3.8, 4) is 5.75 Å². The zero-order valence-corrected chi connectivity index (χ0v) is 15.2. The fourth-order valence-electron chi connectivity index (χ4n) is 2.95. The molecule has 0 aliphatic carbocycles. The summed E-state index contributed by atoms with van der Waals surface area (Å²) in [7, 11) is 0. The van der Waals surface area contributed by atoms with Crippen molar-refractivity contribution < 1.29 is 23.8 Å². The first-order valence-electron chi connectivity index (χ1n) is 8.74. The number of carbonyl (C=O) groups is 2. The van der Waals surface area contributed by atoms with Crippen LogP contribution in [0.15, 0.2) is 59.2 Å². The molecule has 1 aromatic heterocycles. The van der Waals surface area contributed by atoms with Crippen molar-refractivity contribution >= 4 is 28.5 Å². The van der Waals surface area contributed by atoms with Gasteiger partial charge in [-0.05, 0) is 38.1 Å². The molecule has 0 radical (unpaired) electrons. The van der Waals surface area contributed by atoms with Gasteiger partial charge in [0.15, 0.2) is 6.10 Å². The Kier molecular flexibility index (Phi) is 5.45. The molecule has 140 valence electrons. The Bertz CT molecular complexity index is 948. The Labute approximate surface area is 157 Å². The van der Waals surface area contributed by atoms with Crippen LogP contribution in [0.5, 0.6) is 5.75 Å². The number of phenolic OH excluding ortho intramolecular Hbond substituents is 1. The number of esters is 1. The van der Waals surface area contributed by atoms with E-state index in [9.17, 15) is 14.7 Å². The van der Waals surface area contributed by atoms with Crippen molar-refractivity contribution in [2.75, 3.05) is 11.4 Å². The molecule has 3 aromatic rings. The first kappa shape index (κ1) is 18.5. The highest BCUT2D eigenvalue weighted by molar-refractivity contribution is 5.97. The zero-order chi connectivity index (χ0) is 19.4. The molecule has 0 spiro atoms. The summed E-state index contributed by atoms with van der Waals surface area (Å²) in [5.74, 6) is -0.708. The smallest absolute Gasteiger partial charge is 0.311 e. The Hall–Kier alpha value is -3.28. The molecule has 6 nitrogen and oxygen atoms in total. The Balaban J connectivity index is 1.66. The Morgan fingerprint density at radius 1 is 1.19 bits per heavy atom. The molecular formula is C21H21NO5. The molecule has 1 N–H and O–H groups in total. The second kappa shape index (κ2) is 7.95. The Morgan fingerprint density at radius 3 is 2.63 bits per heavy atom. The van der Waals surface area contributed by atoms with E-state index in [0.717, 1.165) is 11.1 Å². The number of carbonyl (C=O) groups excluding carboxylic acids is 2. The summed E-state index contributed by atoms with van der Waals surface area (Å²) in [6.07, 6.45) is 0.535. The number of para-hydroxylation sites is 1. The van der Waals surface area contributed by atoms with E-state index in [1.807, 2.05) is 37.3 Å². The lowest BCUT2D eigenvalue weighted by Crippen LogP contribution is -2.40. The number of furan rings is 1. The van der Waals surface area contributed by atoms with Crippen LogP contribution in [0.1, 0.15) is 19.4 Å². The standard InChI is InChI=1S/C21H21NO5/c1-3-22(16-7-5-4-6-8-16)21(25)14(2)27-20(24)11-15-13-26-19-12-17(23)9-10-18(15)19/h4-10,12-14,23H,3,11H2,1-2H3/t14-/m0/s1. The molecule has 1 atom stereocenters. The van der Waals surface area contributed by atoms with Crippen LogP contribution in [-0.4, -0.2) is 29.6 Å². The maximum Gasteiger partial charge on any atom is 0.311 e. The summed E-state index contributed by atoms with van der Waals surface area (Å²) < 4.78 is 10.7. The molecule has 1 amide bonds. The van der Waals surface area contributed by atoms with E-state index in [2.05, 4.69) is 0 Å². The summed E-state index contributed by atoms with van der Waals surface area (Å²) in [5.41, 5.74) is 1.89. The molecule has 0 saturated heterocycles. The predicted octanol–water partition coefficient (Wildman–Crippen LogP) is 3.67. The van der Waals surface area contributed by atoms with Gasteiger partial charge in [-0.3, -0.25) is 9.59 Å². The number of anilines is 1. The SMILES string of the molecule is CCN(C(=O)[C@H](C)OC(=O)Cc1coc2cc(O)ccc12)c1ccccc1. The van der Waals surface area contributed by atoms with Crippen LogP contribution in [0.4, 0.5) is 5.69 Å². The highest BCUT2D eigenvalue weighted by Crippen LogP contribution is 2.25. The lowest BCUT2D eigenvalue weighted by molar-refractivity contribution is -0.153. The van der Waals surface area contributed by atoms with Crippen LogP contribution < -0.4 is 4.90 Å². The lowest BCUT2D eigenvalue weighted by Gasteiger charge is -2.24. The first-order chi connectivity index (χ1) is 13.0. The van der Waals surface area contributed by atoms with Crippen molar-refractivity contribution in [1.82, 2.24) is 0 Å². The van der Waals surface area contributed by atoms with Crippen molar-refractivity contribution in [2.45, 2.75) is 26.4 Å². The minimum Gasteiger partial charge on any atom is -0.508 e. The van der Waals surface area contributed by atoms with Gasteiger partial charge in [-0.25, -0.2) is 0 Å². The quantitative estimate of drug-likeness (QED) is 0.673. The highest BCUT2D eigenvalue weighted by Gasteiger charge is 2.24. The molecule has 0 fully saturated rings. The second-order valence-electron chi connectivity index (χ2n) is 6.17. The van der Waals surface area contributed by atoms with Crippen LogP contribution in [0.25, 0.3) is 11.0 Å². The van der Waals surface area contributed by atoms with E-state index >= 15 is 0 Å². The van der Waals surface area contributed by atoms with E-state index in [-0.39, 0.29) is 18.1 Å². The van der Waals surface area contributed by atoms with E-state index in [4.69, 9.17) is 9.15 Å². The fraction of sp³-hybridized carbons (Fsp3) is 0.238. The molecule has 0 unspecified atom stereocenters. The number of amides is 1. The molecular weight excluding hydrogens is 346 g/mol. The number of hydrogen-bond acceptors (Lipinski definition) is 5. The molecule has 0 aliphatic rings. The number of benzene rings is 2. The minimum absolute atomic E-state index is 0.0210. The number of hydrogen-bond donors (Lipinski definition) is 1. The average Bonchev–Trinajstić information content (AvgIpc) is 3.04. The second-order valence-corrected chi connectivity index (χ2v) is 6.17. The summed E-state index contributed by atoms with van der Waals surface area (Å²) >= 11 is 0. The van der Waals surface area contributed by atoms with Crippen LogP contribution in [-0.2, 0) is 20.7 Å². The van der Waals surface area contributed by atoms with Crippen LogP contribution in [0, 0.1) is 0 Å². The molecule has 2 aromatic carbocycles. The van der Waals surface area contributed by atoms with Gasteiger partial charge in [-0.2, -0.15) is 0 Å². The lowest BCUT2D eigenvalue weighted by atomic mass is 10.1. The molecule has 27 heavy (non-hydrogen) atoms. The predicted molar refractivity (Wildman–Crippen MR) is 102 cm³/mol. The molecule has 0 aliphatic heterocycles. The van der Waals surface area contributed by atoms with Gasteiger partial charge in [0.1, 0.15) is 11.3 Å². The zero-order valence-electron chi connectivity index (χ0n) is 15.2. The van der Waals surface area contributed by atoms with E-state index in [1.165, 1.54) is 18.4 Å². The molecule has 3 rings (SSSR count). The van der Waals surface area contributed by atoms with Gasteiger partial charge in [0.2, 0.25) is 0 Å². The van der Waals surface area contributed by atoms with Crippen molar-refractivity contribution in [3.05, 3.63) is 60.4 Å². The van der Waals surface area contributed by atoms with Crippen LogP contribution in [0.2, 0.25) is 0 Å². The maximum atomic E-state index is 12.7. The number of ether oxygens (including phenoxy) is 1. The fourth-order valence-corrected chi connectivity index (χ4v) is 2.95. The topological polar surface area (TPSA) is 80.0 Å². The third-order valence-electron chi connectivity index (χ3n) is 4.28. The Morgan fingerprint density at radius 2 is 1.93 bits per heavy atom. The highest BCUT2D eigenvalue weighted by atomic mass is 16.5. The number of phenols is 1. The van der Waals surface area contributed by atoms with Gasteiger partial charge in [-0.15, -0.1) is 0 Å². The number of aromatic hydroxyl groups is 1.